The van der Waals surface area contributed by atoms with Gasteiger partial charge in [-0.1, -0.05) is 12.1 Å². The number of anilines is 2. The van der Waals surface area contributed by atoms with Crippen molar-refractivity contribution in [1.82, 2.24) is 4.98 Å². The molecule has 0 atom stereocenters. The van der Waals surface area contributed by atoms with Gasteiger partial charge in [-0.2, -0.15) is 0 Å². The van der Waals surface area contributed by atoms with Crippen molar-refractivity contribution in [2.24, 2.45) is 0 Å². The minimum absolute atomic E-state index is 0.129. The van der Waals surface area contributed by atoms with E-state index in [9.17, 15) is 4.79 Å². The number of ether oxygens (including phenoxy) is 2. The second-order valence-corrected chi connectivity index (χ2v) is 6.82. The Hall–Kier alpha value is -2.44. The molecule has 0 saturated carbocycles. The van der Waals surface area contributed by atoms with Gasteiger partial charge in [0.05, 0.1) is 13.2 Å². The van der Waals surface area contributed by atoms with Crippen molar-refractivity contribution < 1.29 is 14.3 Å². The molecule has 136 valence electrons. The van der Waals surface area contributed by atoms with Gasteiger partial charge in [0.1, 0.15) is 5.82 Å². The maximum atomic E-state index is 12.6. The summed E-state index contributed by atoms with van der Waals surface area (Å²) in [7, 11) is 0. The molecule has 2 aliphatic heterocycles. The van der Waals surface area contributed by atoms with Crippen LogP contribution < -0.4 is 10.2 Å². The van der Waals surface area contributed by atoms with Crippen LogP contribution in [0.1, 0.15) is 28.8 Å². The van der Waals surface area contributed by atoms with Crippen molar-refractivity contribution in [1.29, 1.82) is 0 Å². The average Bonchev–Trinajstić information content (AvgIpc) is 3.10. The third kappa shape index (κ3) is 3.57. The van der Waals surface area contributed by atoms with Crippen LogP contribution in [0.25, 0.3) is 0 Å². The van der Waals surface area contributed by atoms with E-state index in [0.29, 0.717) is 18.8 Å². The quantitative estimate of drug-likeness (QED) is 0.919. The maximum Gasteiger partial charge on any atom is 0.255 e. The van der Waals surface area contributed by atoms with E-state index in [-0.39, 0.29) is 5.91 Å². The number of piperidine rings is 1. The first kappa shape index (κ1) is 17.0. The lowest BCUT2D eigenvalue weighted by Crippen LogP contribution is -2.45. The van der Waals surface area contributed by atoms with Gasteiger partial charge in [0, 0.05) is 43.4 Å². The summed E-state index contributed by atoms with van der Waals surface area (Å²) in [6.45, 7) is 4.95. The molecule has 1 amide bonds. The molecule has 3 heterocycles. The van der Waals surface area contributed by atoms with Crippen LogP contribution >= 0.6 is 0 Å². The van der Waals surface area contributed by atoms with Gasteiger partial charge in [0.15, 0.2) is 5.79 Å². The van der Waals surface area contributed by atoms with Crippen molar-refractivity contribution >= 4 is 17.4 Å². The normalized spacial score (nSPS) is 18.9. The third-order valence-electron chi connectivity index (χ3n) is 4.95. The fraction of sp³-hybridized carbons (Fsp3) is 0.400. The average molecular weight is 353 g/mol. The molecule has 6 nitrogen and oxygen atoms in total. The zero-order valence-electron chi connectivity index (χ0n) is 14.9. The van der Waals surface area contributed by atoms with Gasteiger partial charge in [-0.15, -0.1) is 0 Å². The highest BCUT2D eigenvalue weighted by atomic mass is 16.7. The molecule has 2 aromatic rings. The molecule has 4 rings (SSSR count). The summed E-state index contributed by atoms with van der Waals surface area (Å²) >= 11 is 0. The Bertz CT molecular complexity index is 792. The molecule has 1 N–H and O–H groups in total. The van der Waals surface area contributed by atoms with Gasteiger partial charge in [-0.25, -0.2) is 4.98 Å². The number of benzene rings is 1. The third-order valence-corrected chi connectivity index (χ3v) is 4.95. The molecule has 1 spiro atoms. The molecular weight excluding hydrogens is 330 g/mol. The summed E-state index contributed by atoms with van der Waals surface area (Å²) in [4.78, 5) is 19.2. The van der Waals surface area contributed by atoms with Gasteiger partial charge >= 0.3 is 0 Å². The monoisotopic (exact) mass is 353 g/mol. The van der Waals surface area contributed by atoms with E-state index in [0.717, 1.165) is 43.0 Å². The van der Waals surface area contributed by atoms with Crippen LogP contribution in [0.2, 0.25) is 0 Å². The van der Waals surface area contributed by atoms with E-state index in [2.05, 4.69) is 15.2 Å². The summed E-state index contributed by atoms with van der Waals surface area (Å²) in [5, 5.41) is 2.94. The number of aryl methyl sites for hydroxylation is 1. The molecule has 0 aliphatic carbocycles. The molecule has 2 saturated heterocycles. The van der Waals surface area contributed by atoms with Gasteiger partial charge in [0.25, 0.3) is 5.91 Å². The number of nitrogens with zero attached hydrogens (tertiary/aromatic N) is 2. The Kier molecular flexibility index (Phi) is 4.61. The minimum Gasteiger partial charge on any atom is -0.356 e. The zero-order valence-corrected chi connectivity index (χ0v) is 14.9. The second-order valence-electron chi connectivity index (χ2n) is 6.82. The first-order valence-electron chi connectivity index (χ1n) is 9.01. The van der Waals surface area contributed by atoms with Gasteiger partial charge in [-0.05, 0) is 36.8 Å². The highest BCUT2D eigenvalue weighted by Gasteiger charge is 2.40. The standard InChI is InChI=1S/C20H23N3O3/c1-15-3-2-4-17(13-15)22-19(24)16-5-8-21-18(14-16)23-9-6-20(7-10-23)25-11-12-26-20/h2-5,8,13-14H,6-7,9-12H2,1H3,(H,22,24). The summed E-state index contributed by atoms with van der Waals surface area (Å²) in [6.07, 6.45) is 3.32. The number of nitrogens with one attached hydrogen (secondary N) is 1. The largest absolute Gasteiger partial charge is 0.356 e. The molecule has 1 aromatic heterocycles. The predicted octanol–water partition coefficient (Wildman–Crippen LogP) is 2.99. The maximum absolute atomic E-state index is 12.6. The number of aromatic nitrogens is 1. The van der Waals surface area contributed by atoms with Gasteiger partial charge in [0.2, 0.25) is 0 Å². The van der Waals surface area contributed by atoms with E-state index in [1.54, 1.807) is 12.3 Å². The van der Waals surface area contributed by atoms with Crippen LogP contribution in [0.15, 0.2) is 42.6 Å². The lowest BCUT2D eigenvalue weighted by molar-refractivity contribution is -0.169. The molecule has 0 unspecified atom stereocenters. The van der Waals surface area contributed by atoms with Crippen LogP contribution in [0.4, 0.5) is 11.5 Å². The van der Waals surface area contributed by atoms with Crippen molar-refractivity contribution in [2.75, 3.05) is 36.5 Å². The van der Waals surface area contributed by atoms with Crippen LogP contribution in [0.5, 0.6) is 0 Å². The number of rotatable bonds is 3. The second kappa shape index (κ2) is 7.05. The summed E-state index contributed by atoms with van der Waals surface area (Å²) < 4.78 is 11.5. The van der Waals surface area contributed by atoms with Crippen LogP contribution in [0.3, 0.4) is 0 Å². The SMILES string of the molecule is Cc1cccc(NC(=O)c2ccnc(N3CCC4(CC3)OCCO4)c2)c1. The fourth-order valence-corrected chi connectivity index (χ4v) is 3.52. The number of hydrogen-bond donors (Lipinski definition) is 1. The highest BCUT2D eigenvalue weighted by molar-refractivity contribution is 6.04. The van der Waals surface area contributed by atoms with Crippen molar-refractivity contribution in [2.45, 2.75) is 25.6 Å². The highest BCUT2D eigenvalue weighted by Crippen LogP contribution is 2.32. The van der Waals surface area contributed by atoms with E-state index >= 15 is 0 Å². The Morgan fingerprint density at radius 3 is 2.65 bits per heavy atom. The molecule has 6 heteroatoms. The van der Waals surface area contributed by atoms with Crippen LogP contribution in [0, 0.1) is 6.92 Å². The lowest BCUT2D eigenvalue weighted by Gasteiger charge is -2.38. The Labute approximate surface area is 153 Å². The van der Waals surface area contributed by atoms with Crippen molar-refractivity contribution in [3.8, 4) is 0 Å². The first-order chi connectivity index (χ1) is 12.6. The summed E-state index contributed by atoms with van der Waals surface area (Å²) in [5.41, 5.74) is 2.51. The Morgan fingerprint density at radius 1 is 1.15 bits per heavy atom. The molecule has 2 fully saturated rings. The zero-order chi connectivity index (χ0) is 18.0. The lowest BCUT2D eigenvalue weighted by atomic mass is 10.0. The van der Waals surface area contributed by atoms with Gasteiger partial charge in [-0.3, -0.25) is 4.79 Å². The van der Waals surface area contributed by atoms with E-state index < -0.39 is 5.79 Å². The predicted molar refractivity (Wildman–Crippen MR) is 99.5 cm³/mol. The van der Waals surface area contributed by atoms with Crippen molar-refractivity contribution in [3.05, 3.63) is 53.7 Å². The molecule has 0 bridgehead atoms. The van der Waals surface area contributed by atoms with Crippen LogP contribution in [-0.4, -0.2) is 43.0 Å². The smallest absolute Gasteiger partial charge is 0.255 e. The van der Waals surface area contributed by atoms with Gasteiger partial charge < -0.3 is 19.7 Å². The molecule has 0 radical (unpaired) electrons. The van der Waals surface area contributed by atoms with E-state index in [4.69, 9.17) is 9.47 Å². The van der Waals surface area contributed by atoms with Crippen LogP contribution in [-0.2, 0) is 9.47 Å². The van der Waals surface area contributed by atoms with E-state index in [1.807, 2.05) is 37.3 Å². The summed E-state index contributed by atoms with van der Waals surface area (Å²) in [5.74, 6) is 0.279. The first-order valence-corrected chi connectivity index (χ1v) is 9.01. The number of carbonyl (C=O) groups excluding carboxylic acids is 1. The molecule has 1 aromatic carbocycles. The Morgan fingerprint density at radius 2 is 1.92 bits per heavy atom. The Balaban J connectivity index is 1.44. The van der Waals surface area contributed by atoms with E-state index in [1.165, 1.54) is 0 Å². The van der Waals surface area contributed by atoms with Crippen molar-refractivity contribution in [3.63, 3.8) is 0 Å². The molecule has 26 heavy (non-hydrogen) atoms. The number of amides is 1. The summed E-state index contributed by atoms with van der Waals surface area (Å²) in [6, 6.07) is 11.4. The minimum atomic E-state index is -0.406. The molecular formula is C20H23N3O3. The number of hydrogen-bond acceptors (Lipinski definition) is 5. The topological polar surface area (TPSA) is 63.7 Å². The fourth-order valence-electron chi connectivity index (χ4n) is 3.52. The number of carbonyl (C=O) groups is 1. The molecule has 2 aliphatic rings. The number of pyridine rings is 1.